The van der Waals surface area contributed by atoms with Crippen LogP contribution in [-0.4, -0.2) is 59.9 Å². The van der Waals surface area contributed by atoms with Gasteiger partial charge in [-0.1, -0.05) is 128 Å². The second kappa shape index (κ2) is 36.0. The number of phosphoric ester groups is 1. The lowest BCUT2D eigenvalue weighted by Gasteiger charge is -2.20. The number of unbranched alkanes of at least 4 members (excludes halogenated alkanes) is 20. The number of carbonyl (C=O) groups is 3. The zero-order valence-electron chi connectivity index (χ0n) is 32.7. The van der Waals surface area contributed by atoms with Gasteiger partial charge < -0.3 is 25.2 Å². The Morgan fingerprint density at radius 1 is 0.577 bits per heavy atom. The molecule has 3 atom stereocenters. The maximum atomic E-state index is 12.6. The van der Waals surface area contributed by atoms with Crippen molar-refractivity contribution in [1.29, 1.82) is 0 Å². The molecule has 0 aromatic heterocycles. The van der Waals surface area contributed by atoms with Gasteiger partial charge in [0, 0.05) is 12.8 Å². The summed E-state index contributed by atoms with van der Waals surface area (Å²) in [6.07, 6.45) is 35.3. The lowest BCUT2D eigenvalue weighted by atomic mass is 10.1. The van der Waals surface area contributed by atoms with E-state index in [1.54, 1.807) is 0 Å². The number of aliphatic carboxylic acids is 1. The van der Waals surface area contributed by atoms with Crippen LogP contribution >= 0.6 is 7.82 Å². The fraction of sp³-hybridized carbons (Fsp3) is 0.825. The number of rotatable bonds is 38. The van der Waals surface area contributed by atoms with Crippen molar-refractivity contribution in [2.75, 3.05) is 19.8 Å². The molecule has 12 heteroatoms. The summed E-state index contributed by atoms with van der Waals surface area (Å²) >= 11 is 0. The summed E-state index contributed by atoms with van der Waals surface area (Å²) in [5.74, 6) is -2.40. The summed E-state index contributed by atoms with van der Waals surface area (Å²) in [5.41, 5.74) is 5.32. The van der Waals surface area contributed by atoms with E-state index in [2.05, 4.69) is 42.7 Å². The fourth-order valence-electron chi connectivity index (χ4n) is 5.41. The van der Waals surface area contributed by atoms with Crippen LogP contribution in [-0.2, 0) is 37.5 Å². The smallest absolute Gasteiger partial charge is 0.472 e. The van der Waals surface area contributed by atoms with Crippen LogP contribution < -0.4 is 5.73 Å². The molecule has 0 aromatic carbocycles. The van der Waals surface area contributed by atoms with E-state index < -0.39 is 51.1 Å². The van der Waals surface area contributed by atoms with Crippen LogP contribution in [0.25, 0.3) is 0 Å². The lowest BCUT2D eigenvalue weighted by molar-refractivity contribution is -0.161. The Balaban J connectivity index is 4.43. The van der Waals surface area contributed by atoms with Gasteiger partial charge in [-0.3, -0.25) is 23.4 Å². The summed E-state index contributed by atoms with van der Waals surface area (Å²) < 4.78 is 32.6. The zero-order valence-corrected chi connectivity index (χ0v) is 33.5. The number of hydrogen-bond acceptors (Lipinski definition) is 9. The summed E-state index contributed by atoms with van der Waals surface area (Å²) in [4.78, 5) is 45.8. The second-order valence-electron chi connectivity index (χ2n) is 13.8. The Kier molecular flexibility index (Phi) is 34.6. The Hall–Kier alpha value is -2.04. The highest BCUT2D eigenvalue weighted by molar-refractivity contribution is 7.47. The zero-order chi connectivity index (χ0) is 38.5. The third kappa shape index (κ3) is 35.0. The number of hydrogen-bond donors (Lipinski definition) is 3. The number of nitrogens with two attached hydrogens (primary N) is 1. The van der Waals surface area contributed by atoms with Gasteiger partial charge in [0.1, 0.15) is 12.6 Å². The molecule has 0 saturated carbocycles. The number of carboxylic acids is 1. The van der Waals surface area contributed by atoms with Crippen molar-refractivity contribution in [3.05, 3.63) is 24.3 Å². The molecule has 0 spiro atoms. The topological polar surface area (TPSA) is 172 Å². The first-order valence-corrected chi connectivity index (χ1v) is 21.9. The van der Waals surface area contributed by atoms with Gasteiger partial charge in [-0.05, 0) is 64.2 Å². The average molecular weight is 760 g/mol. The number of ether oxygens (including phenoxy) is 2. The molecule has 0 heterocycles. The first kappa shape index (κ1) is 50.0. The Morgan fingerprint density at radius 2 is 0.962 bits per heavy atom. The monoisotopic (exact) mass is 760 g/mol. The average Bonchev–Trinajstić information content (AvgIpc) is 3.12. The molecule has 0 aliphatic rings. The van der Waals surface area contributed by atoms with Crippen LogP contribution in [0.2, 0.25) is 0 Å². The molecule has 11 nitrogen and oxygen atoms in total. The van der Waals surface area contributed by atoms with Crippen LogP contribution in [0.1, 0.15) is 181 Å². The molecule has 0 aromatic rings. The SMILES string of the molecule is CCCCCC/C=C/CCCCCCCCCC(=O)O[C@H](COC(=O)CCCCC/C=C/CCCCCCCC)COP(=O)(O)OC[C@H](N)C(=O)O. The molecular weight excluding hydrogens is 685 g/mol. The predicted octanol–water partition coefficient (Wildman–Crippen LogP) is 10.3. The largest absolute Gasteiger partial charge is 0.480 e. The van der Waals surface area contributed by atoms with Crippen molar-refractivity contribution in [3.63, 3.8) is 0 Å². The Bertz CT molecular complexity index is 989. The number of allylic oxidation sites excluding steroid dienone is 4. The number of carboxylic acid groups (broad SMARTS) is 1. The molecule has 52 heavy (non-hydrogen) atoms. The van der Waals surface area contributed by atoms with Gasteiger partial charge in [0.05, 0.1) is 13.2 Å². The molecule has 1 unspecified atom stereocenters. The molecule has 304 valence electrons. The van der Waals surface area contributed by atoms with E-state index in [4.69, 9.17) is 24.8 Å². The maximum Gasteiger partial charge on any atom is 0.472 e. The minimum Gasteiger partial charge on any atom is -0.480 e. The molecule has 0 bridgehead atoms. The van der Waals surface area contributed by atoms with E-state index in [1.165, 1.54) is 83.5 Å². The van der Waals surface area contributed by atoms with E-state index in [0.29, 0.717) is 12.8 Å². The molecule has 0 amide bonds. The Labute approximate surface area is 315 Å². The molecule has 0 radical (unpaired) electrons. The van der Waals surface area contributed by atoms with Gasteiger partial charge in [-0.15, -0.1) is 0 Å². The molecule has 0 aliphatic carbocycles. The highest BCUT2D eigenvalue weighted by Gasteiger charge is 2.28. The van der Waals surface area contributed by atoms with E-state index in [1.807, 2.05) is 0 Å². The van der Waals surface area contributed by atoms with Gasteiger partial charge in [-0.2, -0.15) is 0 Å². The standard InChI is InChI=1S/C40H74NO10P/c1-3-5-7-9-11-13-15-17-18-20-22-24-26-28-30-32-39(43)51-36(34-49-52(46,47)50-35-37(41)40(44)45)33-48-38(42)31-29-27-25-23-21-19-16-14-12-10-8-6-4-2/h13,15,19,21,36-37H,3-12,14,16-18,20,22-35,41H2,1-2H3,(H,44,45)(H,46,47)/b15-13+,21-19+/t36-,37+/m1/s1. The van der Waals surface area contributed by atoms with E-state index in [0.717, 1.165) is 57.8 Å². The van der Waals surface area contributed by atoms with E-state index >= 15 is 0 Å². The summed E-state index contributed by atoms with van der Waals surface area (Å²) in [5, 5.41) is 8.87. The molecule has 4 N–H and O–H groups in total. The van der Waals surface area contributed by atoms with E-state index in [9.17, 15) is 23.8 Å². The lowest BCUT2D eigenvalue weighted by Crippen LogP contribution is -2.34. The van der Waals surface area contributed by atoms with Gasteiger partial charge in [0.15, 0.2) is 6.10 Å². The second-order valence-corrected chi connectivity index (χ2v) is 15.2. The molecule has 0 aliphatic heterocycles. The van der Waals surface area contributed by atoms with Crippen LogP contribution in [0.3, 0.4) is 0 Å². The molecule has 0 fully saturated rings. The van der Waals surface area contributed by atoms with Gasteiger partial charge in [0.25, 0.3) is 0 Å². The van der Waals surface area contributed by atoms with Gasteiger partial charge >= 0.3 is 25.7 Å². The summed E-state index contributed by atoms with van der Waals surface area (Å²) in [7, 11) is -4.71. The van der Waals surface area contributed by atoms with Crippen molar-refractivity contribution >= 4 is 25.7 Å². The van der Waals surface area contributed by atoms with Crippen molar-refractivity contribution < 1.29 is 47.5 Å². The molecule has 0 saturated heterocycles. The summed E-state index contributed by atoms with van der Waals surface area (Å²) in [6.45, 7) is 2.75. The predicted molar refractivity (Wildman–Crippen MR) is 208 cm³/mol. The highest BCUT2D eigenvalue weighted by Crippen LogP contribution is 2.43. The number of esters is 2. The minimum atomic E-state index is -4.71. The maximum absolute atomic E-state index is 12.6. The first-order chi connectivity index (χ1) is 25.1. The third-order valence-electron chi connectivity index (χ3n) is 8.67. The quantitative estimate of drug-likeness (QED) is 0.0237. The van der Waals surface area contributed by atoms with Crippen molar-refractivity contribution in [3.8, 4) is 0 Å². The molecule has 0 rings (SSSR count). The van der Waals surface area contributed by atoms with Crippen molar-refractivity contribution in [2.45, 2.75) is 193 Å². The fourth-order valence-corrected chi connectivity index (χ4v) is 6.18. The first-order valence-electron chi connectivity index (χ1n) is 20.4. The van der Waals surface area contributed by atoms with Crippen molar-refractivity contribution in [2.24, 2.45) is 5.73 Å². The van der Waals surface area contributed by atoms with Crippen molar-refractivity contribution in [1.82, 2.24) is 0 Å². The van der Waals surface area contributed by atoms with Crippen LogP contribution in [0, 0.1) is 0 Å². The normalized spacial score (nSPS) is 14.1. The van der Waals surface area contributed by atoms with Crippen LogP contribution in [0.5, 0.6) is 0 Å². The van der Waals surface area contributed by atoms with Gasteiger partial charge in [-0.25, -0.2) is 4.57 Å². The van der Waals surface area contributed by atoms with E-state index in [-0.39, 0.29) is 19.4 Å². The third-order valence-corrected chi connectivity index (χ3v) is 9.62. The number of phosphoric acid groups is 1. The summed E-state index contributed by atoms with van der Waals surface area (Å²) in [6, 6.07) is -1.52. The molecular formula is C40H74NO10P. The van der Waals surface area contributed by atoms with Crippen LogP contribution in [0.4, 0.5) is 0 Å². The highest BCUT2D eigenvalue weighted by atomic mass is 31.2. The minimum absolute atomic E-state index is 0.154. The number of carbonyl (C=O) groups excluding carboxylic acids is 2. The van der Waals surface area contributed by atoms with Crippen LogP contribution in [0.15, 0.2) is 24.3 Å². The Morgan fingerprint density at radius 3 is 1.44 bits per heavy atom. The van der Waals surface area contributed by atoms with Gasteiger partial charge in [0.2, 0.25) is 0 Å².